The molecule has 5 nitrogen and oxygen atoms in total. The minimum Gasteiger partial charge on any atom is -0.484 e. The van der Waals surface area contributed by atoms with Gasteiger partial charge in [0, 0.05) is 27.6 Å². The van der Waals surface area contributed by atoms with Gasteiger partial charge in [-0.25, -0.2) is 0 Å². The molecular weight excluding hydrogens is 515 g/mol. The summed E-state index contributed by atoms with van der Waals surface area (Å²) < 4.78 is 6.71. The molecule has 1 unspecified atom stereocenters. The summed E-state index contributed by atoms with van der Waals surface area (Å²) in [5, 5.41) is 3.89. The van der Waals surface area contributed by atoms with E-state index in [0.717, 1.165) is 22.9 Å². The van der Waals surface area contributed by atoms with Crippen LogP contribution < -0.4 is 10.1 Å². The second-order valence-corrected chi connectivity index (χ2v) is 9.22. The second kappa shape index (κ2) is 13.1. The zero-order chi connectivity index (χ0) is 23.7. The highest BCUT2D eigenvalue weighted by Crippen LogP contribution is 2.25. The van der Waals surface area contributed by atoms with Gasteiger partial charge in [0.2, 0.25) is 5.91 Å². The molecule has 1 atom stereocenters. The fraction of sp³-hybridized carbons (Fsp3) is 0.417. The summed E-state index contributed by atoms with van der Waals surface area (Å²) >= 11 is 15.8. The average Bonchev–Trinajstić information content (AvgIpc) is 2.75. The van der Waals surface area contributed by atoms with Gasteiger partial charge in [0.05, 0.1) is 0 Å². The van der Waals surface area contributed by atoms with E-state index in [1.165, 1.54) is 4.90 Å². The van der Waals surface area contributed by atoms with E-state index in [-0.39, 0.29) is 25.0 Å². The van der Waals surface area contributed by atoms with Crippen molar-refractivity contribution < 1.29 is 14.3 Å². The monoisotopic (exact) mass is 542 g/mol. The van der Waals surface area contributed by atoms with Gasteiger partial charge in [0.25, 0.3) is 5.91 Å². The van der Waals surface area contributed by atoms with Gasteiger partial charge in [0.15, 0.2) is 6.61 Å². The summed E-state index contributed by atoms with van der Waals surface area (Å²) in [6.07, 6.45) is 2.32. The third-order valence-corrected chi connectivity index (χ3v) is 6.54. The SMILES string of the molecule is CCCCNC(=O)C(CC)N(Cc1ccc(Cl)cc1Cl)C(=O)COc1ccc(Br)c(C)c1. The third kappa shape index (κ3) is 7.68. The quantitative estimate of drug-likeness (QED) is 0.345. The van der Waals surface area contributed by atoms with E-state index in [4.69, 9.17) is 27.9 Å². The Morgan fingerprint density at radius 2 is 1.91 bits per heavy atom. The Morgan fingerprint density at radius 3 is 2.53 bits per heavy atom. The van der Waals surface area contributed by atoms with Crippen molar-refractivity contribution in [3.63, 3.8) is 0 Å². The first-order valence-electron chi connectivity index (χ1n) is 10.7. The lowest BCUT2D eigenvalue weighted by Gasteiger charge is -2.31. The van der Waals surface area contributed by atoms with Crippen molar-refractivity contribution in [3.8, 4) is 5.75 Å². The molecule has 0 heterocycles. The number of carbonyl (C=O) groups excluding carboxylic acids is 2. The molecule has 0 spiro atoms. The molecule has 0 fully saturated rings. The first-order valence-corrected chi connectivity index (χ1v) is 12.2. The standard InChI is InChI=1S/C24H29BrCl2N2O3/c1-4-6-11-28-24(31)22(5-2)29(14-17-7-8-18(26)13-21(17)27)23(30)15-32-19-9-10-20(25)16(3)12-19/h7-10,12-13,22H,4-6,11,14-15H2,1-3H3,(H,28,31). The topological polar surface area (TPSA) is 58.6 Å². The van der Waals surface area contributed by atoms with E-state index in [9.17, 15) is 9.59 Å². The first kappa shape index (κ1) is 26.5. The lowest BCUT2D eigenvalue weighted by Crippen LogP contribution is -2.50. The molecule has 0 aromatic heterocycles. The molecule has 0 saturated heterocycles. The van der Waals surface area contributed by atoms with Gasteiger partial charge in [0.1, 0.15) is 11.8 Å². The van der Waals surface area contributed by atoms with Crippen molar-refractivity contribution in [2.24, 2.45) is 0 Å². The van der Waals surface area contributed by atoms with E-state index in [1.807, 2.05) is 26.0 Å². The van der Waals surface area contributed by atoms with Crippen molar-refractivity contribution in [2.45, 2.75) is 52.6 Å². The summed E-state index contributed by atoms with van der Waals surface area (Å²) in [6, 6.07) is 9.99. The number of hydrogen-bond acceptors (Lipinski definition) is 3. The normalized spacial score (nSPS) is 11.7. The average molecular weight is 544 g/mol. The third-order valence-electron chi connectivity index (χ3n) is 5.06. The first-order chi connectivity index (χ1) is 15.3. The second-order valence-electron chi connectivity index (χ2n) is 7.53. The number of nitrogens with zero attached hydrogens (tertiary/aromatic N) is 1. The predicted octanol–water partition coefficient (Wildman–Crippen LogP) is 6.17. The summed E-state index contributed by atoms with van der Waals surface area (Å²) in [4.78, 5) is 27.6. The van der Waals surface area contributed by atoms with Crippen LogP contribution in [0.5, 0.6) is 5.75 Å². The van der Waals surface area contributed by atoms with Crippen LogP contribution in [0.2, 0.25) is 10.0 Å². The van der Waals surface area contributed by atoms with Crippen molar-refractivity contribution in [1.82, 2.24) is 10.2 Å². The largest absolute Gasteiger partial charge is 0.484 e. The van der Waals surface area contributed by atoms with Crippen LogP contribution in [-0.4, -0.2) is 35.9 Å². The van der Waals surface area contributed by atoms with Gasteiger partial charge in [-0.3, -0.25) is 9.59 Å². The van der Waals surface area contributed by atoms with Gasteiger partial charge in [-0.05, 0) is 61.2 Å². The molecule has 0 radical (unpaired) electrons. The number of halogens is 3. The number of nitrogens with one attached hydrogen (secondary N) is 1. The number of unbranched alkanes of at least 4 members (excludes halogenated alkanes) is 1. The maximum absolute atomic E-state index is 13.2. The Balaban J connectivity index is 2.23. The Kier molecular flexibility index (Phi) is 10.8. The zero-order valence-electron chi connectivity index (χ0n) is 18.6. The lowest BCUT2D eigenvalue weighted by atomic mass is 10.1. The Morgan fingerprint density at radius 1 is 1.16 bits per heavy atom. The minimum absolute atomic E-state index is 0.178. The molecule has 1 N–H and O–H groups in total. The molecule has 32 heavy (non-hydrogen) atoms. The van der Waals surface area contributed by atoms with Crippen LogP contribution in [0.25, 0.3) is 0 Å². The maximum atomic E-state index is 13.2. The molecule has 8 heteroatoms. The van der Waals surface area contributed by atoms with E-state index in [0.29, 0.717) is 34.3 Å². The molecule has 2 rings (SSSR count). The van der Waals surface area contributed by atoms with Crippen LogP contribution in [0.1, 0.15) is 44.2 Å². The van der Waals surface area contributed by atoms with Crippen LogP contribution in [0, 0.1) is 6.92 Å². The fourth-order valence-electron chi connectivity index (χ4n) is 3.19. The smallest absolute Gasteiger partial charge is 0.261 e. The Labute approximate surface area is 208 Å². The van der Waals surface area contributed by atoms with Gasteiger partial charge in [-0.15, -0.1) is 0 Å². The van der Waals surface area contributed by atoms with E-state index < -0.39 is 6.04 Å². The molecule has 0 aliphatic carbocycles. The van der Waals surface area contributed by atoms with E-state index in [2.05, 4.69) is 28.2 Å². The lowest BCUT2D eigenvalue weighted by molar-refractivity contribution is -0.143. The van der Waals surface area contributed by atoms with Crippen LogP contribution in [0.4, 0.5) is 0 Å². The van der Waals surface area contributed by atoms with Gasteiger partial charge in [-0.1, -0.05) is 65.5 Å². The summed E-state index contributed by atoms with van der Waals surface area (Å²) in [5.41, 5.74) is 1.71. The van der Waals surface area contributed by atoms with E-state index in [1.54, 1.807) is 24.3 Å². The highest BCUT2D eigenvalue weighted by Gasteiger charge is 2.29. The van der Waals surface area contributed by atoms with Crippen molar-refractivity contribution >= 4 is 50.9 Å². The van der Waals surface area contributed by atoms with Gasteiger partial charge in [-0.2, -0.15) is 0 Å². The molecule has 0 saturated carbocycles. The minimum atomic E-state index is -0.638. The number of benzene rings is 2. The summed E-state index contributed by atoms with van der Waals surface area (Å²) in [5.74, 6) is 0.108. The van der Waals surface area contributed by atoms with Gasteiger partial charge >= 0.3 is 0 Å². The molecule has 2 amide bonds. The predicted molar refractivity (Wildman–Crippen MR) is 133 cm³/mol. The molecule has 174 valence electrons. The highest BCUT2D eigenvalue weighted by molar-refractivity contribution is 9.10. The number of hydrogen-bond donors (Lipinski definition) is 1. The molecular formula is C24H29BrCl2N2O3. The summed E-state index contributed by atoms with van der Waals surface area (Å²) in [6.45, 7) is 6.45. The van der Waals surface area contributed by atoms with Crippen molar-refractivity contribution in [2.75, 3.05) is 13.2 Å². The maximum Gasteiger partial charge on any atom is 0.261 e. The number of rotatable bonds is 11. The molecule has 0 aliphatic heterocycles. The Bertz CT molecular complexity index is 939. The van der Waals surface area contributed by atoms with Crippen molar-refractivity contribution in [3.05, 3.63) is 62.0 Å². The molecule has 2 aromatic carbocycles. The molecule has 0 aliphatic rings. The number of carbonyl (C=O) groups is 2. The number of aryl methyl sites for hydroxylation is 1. The fourth-order valence-corrected chi connectivity index (χ4v) is 3.91. The van der Waals surface area contributed by atoms with Gasteiger partial charge < -0.3 is 15.0 Å². The molecule has 0 bridgehead atoms. The van der Waals surface area contributed by atoms with E-state index >= 15 is 0 Å². The zero-order valence-corrected chi connectivity index (χ0v) is 21.7. The Hall–Kier alpha value is -1.76. The van der Waals surface area contributed by atoms with Crippen LogP contribution in [0.3, 0.4) is 0 Å². The molecule has 2 aromatic rings. The van der Waals surface area contributed by atoms with Crippen molar-refractivity contribution in [1.29, 1.82) is 0 Å². The number of amides is 2. The van der Waals surface area contributed by atoms with Crippen LogP contribution in [0.15, 0.2) is 40.9 Å². The van der Waals surface area contributed by atoms with Crippen LogP contribution in [-0.2, 0) is 16.1 Å². The van der Waals surface area contributed by atoms with Crippen LogP contribution >= 0.6 is 39.1 Å². The highest BCUT2D eigenvalue weighted by atomic mass is 79.9. The summed E-state index contributed by atoms with van der Waals surface area (Å²) in [7, 11) is 0. The number of ether oxygens (including phenoxy) is 1.